The quantitative estimate of drug-likeness (QED) is 0.880. The molecule has 2 heterocycles. The number of benzene rings is 1. The predicted octanol–water partition coefficient (Wildman–Crippen LogP) is 1.62. The zero-order valence-electron chi connectivity index (χ0n) is 12.3. The highest BCUT2D eigenvalue weighted by Crippen LogP contribution is 2.30. The molecule has 1 N–H and O–H groups in total. The topological polar surface area (TPSA) is 65.4 Å². The lowest BCUT2D eigenvalue weighted by Crippen LogP contribution is -2.40. The number of imidazole rings is 1. The van der Waals surface area contributed by atoms with Crippen molar-refractivity contribution >= 4 is 5.91 Å². The molecule has 6 heteroatoms. The zero-order chi connectivity index (χ0) is 15.2. The Morgan fingerprint density at radius 2 is 2.23 bits per heavy atom. The van der Waals surface area contributed by atoms with E-state index in [-0.39, 0.29) is 12.0 Å². The summed E-state index contributed by atoms with van der Waals surface area (Å²) in [5.41, 5.74) is 0. The second-order valence-corrected chi connectivity index (χ2v) is 5.21. The number of rotatable bonds is 6. The molecule has 6 nitrogen and oxygen atoms in total. The van der Waals surface area contributed by atoms with Crippen LogP contribution in [0.5, 0.6) is 11.5 Å². The fourth-order valence-electron chi connectivity index (χ4n) is 2.32. The maximum atomic E-state index is 11.8. The summed E-state index contributed by atoms with van der Waals surface area (Å²) in [5, 5.41) is 2.89. The van der Waals surface area contributed by atoms with E-state index in [4.69, 9.17) is 9.47 Å². The van der Waals surface area contributed by atoms with Crippen LogP contribution in [0, 0.1) is 0 Å². The molecule has 0 radical (unpaired) electrons. The van der Waals surface area contributed by atoms with Crippen molar-refractivity contribution in [1.29, 1.82) is 0 Å². The molecule has 1 aromatic heterocycles. The average Bonchev–Trinajstić information content (AvgIpc) is 3.06. The molecule has 0 fully saturated rings. The van der Waals surface area contributed by atoms with Crippen molar-refractivity contribution in [2.75, 3.05) is 13.2 Å². The molecule has 0 bridgehead atoms. The number of carbonyl (C=O) groups excluding carboxylic acids is 1. The first kappa shape index (κ1) is 14.4. The van der Waals surface area contributed by atoms with Gasteiger partial charge in [-0.1, -0.05) is 12.1 Å². The number of nitrogens with one attached hydrogen (secondary N) is 1. The van der Waals surface area contributed by atoms with Crippen molar-refractivity contribution in [2.45, 2.75) is 25.5 Å². The third kappa shape index (κ3) is 3.78. The van der Waals surface area contributed by atoms with Crippen LogP contribution in [0.3, 0.4) is 0 Å². The van der Waals surface area contributed by atoms with Crippen LogP contribution in [0.2, 0.25) is 0 Å². The molecule has 0 saturated carbocycles. The van der Waals surface area contributed by atoms with E-state index in [2.05, 4.69) is 10.3 Å². The largest absolute Gasteiger partial charge is 0.486 e. The normalized spacial score (nSPS) is 16.3. The molecule has 3 rings (SSSR count). The summed E-state index contributed by atoms with van der Waals surface area (Å²) in [6, 6.07) is 7.55. The van der Waals surface area contributed by atoms with Crippen molar-refractivity contribution in [2.24, 2.45) is 0 Å². The van der Waals surface area contributed by atoms with Crippen molar-refractivity contribution in [1.82, 2.24) is 14.9 Å². The monoisotopic (exact) mass is 301 g/mol. The van der Waals surface area contributed by atoms with Gasteiger partial charge in [-0.2, -0.15) is 0 Å². The molecular formula is C16H19N3O3. The fraction of sp³-hybridized carbons (Fsp3) is 0.375. The SMILES string of the molecule is O=C(CCCn1ccnc1)NCC1COc2ccccc2O1. The number of aromatic nitrogens is 2. The molecule has 0 spiro atoms. The Labute approximate surface area is 129 Å². The number of amides is 1. The van der Waals surface area contributed by atoms with Crippen LogP contribution in [-0.4, -0.2) is 34.7 Å². The Morgan fingerprint density at radius 3 is 3.05 bits per heavy atom. The van der Waals surface area contributed by atoms with Crippen LogP contribution in [0.4, 0.5) is 0 Å². The van der Waals surface area contributed by atoms with E-state index in [0.717, 1.165) is 24.5 Å². The van der Waals surface area contributed by atoms with Crippen molar-refractivity contribution in [3.63, 3.8) is 0 Å². The summed E-state index contributed by atoms with van der Waals surface area (Å²) < 4.78 is 13.4. The Morgan fingerprint density at radius 1 is 1.36 bits per heavy atom. The molecule has 0 saturated heterocycles. The predicted molar refractivity (Wildman–Crippen MR) is 80.8 cm³/mol. The van der Waals surface area contributed by atoms with Gasteiger partial charge in [-0.25, -0.2) is 4.98 Å². The standard InChI is InChI=1S/C16H19N3O3/c20-16(6-3-8-19-9-7-17-12-19)18-10-13-11-21-14-4-1-2-5-15(14)22-13/h1-2,4-5,7,9,12-13H,3,6,8,10-11H2,(H,18,20). The van der Waals surface area contributed by atoms with Crippen LogP contribution in [0.1, 0.15) is 12.8 Å². The van der Waals surface area contributed by atoms with E-state index in [1.54, 1.807) is 12.5 Å². The van der Waals surface area contributed by atoms with E-state index in [9.17, 15) is 4.79 Å². The third-order valence-electron chi connectivity index (χ3n) is 3.47. The van der Waals surface area contributed by atoms with Gasteiger partial charge in [0, 0.05) is 25.4 Å². The molecule has 0 aliphatic carbocycles. The van der Waals surface area contributed by atoms with Gasteiger partial charge < -0.3 is 19.4 Å². The van der Waals surface area contributed by atoms with Crippen LogP contribution in [-0.2, 0) is 11.3 Å². The molecule has 116 valence electrons. The summed E-state index contributed by atoms with van der Waals surface area (Å²) in [6.45, 7) is 1.70. The molecular weight excluding hydrogens is 282 g/mol. The van der Waals surface area contributed by atoms with E-state index in [0.29, 0.717) is 19.6 Å². The average molecular weight is 301 g/mol. The summed E-state index contributed by atoms with van der Waals surface area (Å²) in [4.78, 5) is 15.8. The first-order valence-electron chi connectivity index (χ1n) is 7.42. The second kappa shape index (κ2) is 6.98. The Balaban J connectivity index is 1.37. The molecule has 1 aromatic carbocycles. The maximum absolute atomic E-state index is 11.8. The number of hydrogen-bond acceptors (Lipinski definition) is 4. The van der Waals surface area contributed by atoms with Crippen molar-refractivity contribution < 1.29 is 14.3 Å². The smallest absolute Gasteiger partial charge is 0.220 e. The van der Waals surface area contributed by atoms with Crippen LogP contribution in [0.15, 0.2) is 43.0 Å². The second-order valence-electron chi connectivity index (χ2n) is 5.21. The zero-order valence-corrected chi connectivity index (χ0v) is 12.3. The van der Waals surface area contributed by atoms with Crippen molar-refractivity contribution in [3.05, 3.63) is 43.0 Å². The first-order chi connectivity index (χ1) is 10.8. The lowest BCUT2D eigenvalue weighted by molar-refractivity contribution is -0.121. The van der Waals surface area contributed by atoms with Gasteiger partial charge in [0.15, 0.2) is 11.5 Å². The summed E-state index contributed by atoms with van der Waals surface area (Å²) >= 11 is 0. The summed E-state index contributed by atoms with van der Waals surface area (Å²) in [7, 11) is 0. The highest BCUT2D eigenvalue weighted by molar-refractivity contribution is 5.75. The minimum atomic E-state index is -0.146. The Hall–Kier alpha value is -2.50. The number of fused-ring (bicyclic) bond motifs is 1. The molecule has 2 aromatic rings. The van der Waals surface area contributed by atoms with E-state index >= 15 is 0 Å². The molecule has 1 amide bonds. The highest BCUT2D eigenvalue weighted by atomic mass is 16.6. The van der Waals surface area contributed by atoms with Gasteiger partial charge in [0.1, 0.15) is 12.7 Å². The number of nitrogens with zero attached hydrogens (tertiary/aromatic N) is 2. The van der Waals surface area contributed by atoms with E-state index in [1.807, 2.05) is 35.0 Å². The van der Waals surface area contributed by atoms with Gasteiger partial charge in [-0.3, -0.25) is 4.79 Å². The van der Waals surface area contributed by atoms with Crippen LogP contribution in [0.25, 0.3) is 0 Å². The van der Waals surface area contributed by atoms with E-state index in [1.165, 1.54) is 0 Å². The number of ether oxygens (including phenoxy) is 2. The first-order valence-corrected chi connectivity index (χ1v) is 7.42. The van der Waals surface area contributed by atoms with Gasteiger partial charge in [0.2, 0.25) is 5.91 Å². The highest BCUT2D eigenvalue weighted by Gasteiger charge is 2.20. The number of hydrogen-bond donors (Lipinski definition) is 1. The Kier molecular flexibility index (Phi) is 4.58. The molecule has 1 aliphatic heterocycles. The van der Waals surface area contributed by atoms with Gasteiger partial charge in [-0.05, 0) is 18.6 Å². The lowest BCUT2D eigenvalue weighted by Gasteiger charge is -2.26. The van der Waals surface area contributed by atoms with Gasteiger partial charge in [0.25, 0.3) is 0 Å². The minimum Gasteiger partial charge on any atom is -0.486 e. The van der Waals surface area contributed by atoms with Crippen LogP contribution < -0.4 is 14.8 Å². The van der Waals surface area contributed by atoms with Crippen molar-refractivity contribution in [3.8, 4) is 11.5 Å². The van der Waals surface area contributed by atoms with Gasteiger partial charge in [-0.15, -0.1) is 0 Å². The van der Waals surface area contributed by atoms with Gasteiger partial charge >= 0.3 is 0 Å². The van der Waals surface area contributed by atoms with Gasteiger partial charge in [0.05, 0.1) is 12.9 Å². The number of aryl methyl sites for hydroxylation is 1. The molecule has 1 aliphatic rings. The molecule has 1 unspecified atom stereocenters. The Bertz CT molecular complexity index is 613. The fourth-order valence-corrected chi connectivity index (χ4v) is 2.32. The maximum Gasteiger partial charge on any atom is 0.220 e. The molecule has 1 atom stereocenters. The summed E-state index contributed by atoms with van der Waals surface area (Å²) in [5.74, 6) is 1.51. The molecule has 22 heavy (non-hydrogen) atoms. The lowest BCUT2D eigenvalue weighted by atomic mass is 10.2. The third-order valence-corrected chi connectivity index (χ3v) is 3.47. The van der Waals surface area contributed by atoms with E-state index < -0.39 is 0 Å². The number of para-hydroxylation sites is 2. The van der Waals surface area contributed by atoms with Crippen LogP contribution >= 0.6 is 0 Å². The number of carbonyl (C=O) groups is 1. The summed E-state index contributed by atoms with van der Waals surface area (Å²) in [6.07, 6.45) is 6.51. The minimum absolute atomic E-state index is 0.0302.